The SMILES string of the molecule is C#CCCCNC(=O)c1ccnc(C(=O)O)c1. The number of carboxylic acid groups (broad SMARTS) is 1. The summed E-state index contributed by atoms with van der Waals surface area (Å²) < 4.78 is 0. The summed E-state index contributed by atoms with van der Waals surface area (Å²) in [6.07, 6.45) is 7.65. The van der Waals surface area contributed by atoms with Crippen LogP contribution in [0.2, 0.25) is 0 Å². The Morgan fingerprint density at radius 2 is 2.29 bits per heavy atom. The average molecular weight is 232 g/mol. The molecule has 1 amide bonds. The third-order valence-electron chi connectivity index (χ3n) is 2.02. The number of pyridine rings is 1. The summed E-state index contributed by atoms with van der Waals surface area (Å²) in [5.74, 6) is 0.979. The second kappa shape index (κ2) is 6.28. The molecule has 88 valence electrons. The highest BCUT2D eigenvalue weighted by atomic mass is 16.4. The van der Waals surface area contributed by atoms with Crippen molar-refractivity contribution >= 4 is 11.9 Å². The van der Waals surface area contributed by atoms with E-state index in [2.05, 4.69) is 16.2 Å². The number of amides is 1. The molecule has 0 aliphatic heterocycles. The van der Waals surface area contributed by atoms with Crippen molar-refractivity contribution in [2.45, 2.75) is 12.8 Å². The highest BCUT2D eigenvalue weighted by Crippen LogP contribution is 2.02. The number of carbonyl (C=O) groups excluding carboxylic acids is 1. The molecule has 1 heterocycles. The predicted molar refractivity (Wildman–Crippen MR) is 61.6 cm³/mol. The minimum atomic E-state index is -1.16. The fourth-order valence-corrected chi connectivity index (χ4v) is 1.18. The minimum absolute atomic E-state index is 0.152. The van der Waals surface area contributed by atoms with Gasteiger partial charge in [-0.1, -0.05) is 0 Å². The zero-order chi connectivity index (χ0) is 12.7. The van der Waals surface area contributed by atoms with Crippen LogP contribution in [-0.2, 0) is 0 Å². The van der Waals surface area contributed by atoms with E-state index in [4.69, 9.17) is 11.5 Å². The summed E-state index contributed by atoms with van der Waals surface area (Å²) >= 11 is 0. The number of rotatable bonds is 5. The summed E-state index contributed by atoms with van der Waals surface area (Å²) in [5, 5.41) is 11.4. The van der Waals surface area contributed by atoms with Crippen LogP contribution in [0.1, 0.15) is 33.7 Å². The van der Waals surface area contributed by atoms with E-state index in [9.17, 15) is 9.59 Å². The normalized spacial score (nSPS) is 9.35. The average Bonchev–Trinajstić information content (AvgIpc) is 2.34. The van der Waals surface area contributed by atoms with Crippen LogP contribution in [0.5, 0.6) is 0 Å². The first-order chi connectivity index (χ1) is 8.15. The van der Waals surface area contributed by atoms with Gasteiger partial charge in [0.1, 0.15) is 5.69 Å². The minimum Gasteiger partial charge on any atom is -0.477 e. The van der Waals surface area contributed by atoms with Crippen molar-refractivity contribution in [1.29, 1.82) is 0 Å². The lowest BCUT2D eigenvalue weighted by Gasteiger charge is -2.04. The Hall–Kier alpha value is -2.35. The molecule has 0 fully saturated rings. The zero-order valence-electron chi connectivity index (χ0n) is 9.14. The van der Waals surface area contributed by atoms with Gasteiger partial charge in [-0.05, 0) is 18.6 Å². The van der Waals surface area contributed by atoms with Crippen molar-refractivity contribution in [3.8, 4) is 12.3 Å². The molecule has 0 aromatic carbocycles. The smallest absolute Gasteiger partial charge is 0.354 e. The first-order valence-corrected chi connectivity index (χ1v) is 5.06. The lowest BCUT2D eigenvalue weighted by molar-refractivity contribution is 0.0690. The quantitative estimate of drug-likeness (QED) is 0.584. The van der Waals surface area contributed by atoms with Gasteiger partial charge in [-0.15, -0.1) is 12.3 Å². The van der Waals surface area contributed by atoms with E-state index in [1.165, 1.54) is 18.3 Å². The van der Waals surface area contributed by atoms with Crippen LogP contribution in [0.3, 0.4) is 0 Å². The third-order valence-corrected chi connectivity index (χ3v) is 2.02. The van der Waals surface area contributed by atoms with E-state index in [0.29, 0.717) is 19.4 Å². The Morgan fingerprint density at radius 3 is 2.94 bits per heavy atom. The molecule has 1 rings (SSSR count). The number of hydrogen-bond acceptors (Lipinski definition) is 3. The molecule has 0 aliphatic carbocycles. The zero-order valence-corrected chi connectivity index (χ0v) is 9.14. The molecular weight excluding hydrogens is 220 g/mol. The second-order valence-corrected chi connectivity index (χ2v) is 3.30. The molecule has 1 aromatic rings. The maximum atomic E-state index is 11.6. The molecule has 17 heavy (non-hydrogen) atoms. The third kappa shape index (κ3) is 3.95. The second-order valence-electron chi connectivity index (χ2n) is 3.30. The number of unbranched alkanes of at least 4 members (excludes halogenated alkanes) is 1. The van der Waals surface area contributed by atoms with Crippen molar-refractivity contribution in [3.05, 3.63) is 29.6 Å². The van der Waals surface area contributed by atoms with Crippen molar-refractivity contribution in [3.63, 3.8) is 0 Å². The van der Waals surface area contributed by atoms with Gasteiger partial charge in [0, 0.05) is 24.7 Å². The molecule has 0 unspecified atom stereocenters. The summed E-state index contributed by atoms with van der Waals surface area (Å²) in [5.41, 5.74) is 0.124. The standard InChI is InChI=1S/C12H12N2O3/c1-2-3-4-6-14-11(15)9-5-7-13-10(8-9)12(16)17/h1,5,7-8H,3-4,6H2,(H,14,15)(H,16,17). The number of nitrogens with zero attached hydrogens (tertiary/aromatic N) is 1. The number of terminal acetylenes is 1. The Morgan fingerprint density at radius 1 is 1.53 bits per heavy atom. The van der Waals surface area contributed by atoms with E-state index >= 15 is 0 Å². The van der Waals surface area contributed by atoms with Gasteiger partial charge in [0.05, 0.1) is 0 Å². The van der Waals surface area contributed by atoms with Gasteiger partial charge in [-0.3, -0.25) is 4.79 Å². The number of aromatic carboxylic acids is 1. The highest BCUT2D eigenvalue weighted by Gasteiger charge is 2.09. The first kappa shape index (κ1) is 12.7. The number of nitrogens with one attached hydrogen (secondary N) is 1. The number of carbonyl (C=O) groups is 2. The molecule has 0 saturated heterocycles. The molecule has 5 heteroatoms. The Bertz CT molecular complexity index is 463. The topological polar surface area (TPSA) is 79.3 Å². The highest BCUT2D eigenvalue weighted by molar-refractivity contribution is 5.96. The van der Waals surface area contributed by atoms with Crippen LogP contribution in [0.15, 0.2) is 18.3 Å². The largest absolute Gasteiger partial charge is 0.477 e. The van der Waals surface area contributed by atoms with E-state index < -0.39 is 5.97 Å². The van der Waals surface area contributed by atoms with Crippen LogP contribution < -0.4 is 5.32 Å². The number of carboxylic acids is 1. The van der Waals surface area contributed by atoms with Gasteiger partial charge >= 0.3 is 5.97 Å². The van der Waals surface area contributed by atoms with Crippen LogP contribution in [0.4, 0.5) is 0 Å². The molecular formula is C12H12N2O3. The molecule has 2 N–H and O–H groups in total. The van der Waals surface area contributed by atoms with Crippen molar-refractivity contribution in [1.82, 2.24) is 10.3 Å². The van der Waals surface area contributed by atoms with E-state index in [1.807, 2.05) is 0 Å². The summed E-state index contributed by atoms with van der Waals surface area (Å²) in [4.78, 5) is 25.9. The van der Waals surface area contributed by atoms with Crippen LogP contribution in [-0.4, -0.2) is 28.5 Å². The Kier molecular flexibility index (Phi) is 4.70. The molecule has 0 radical (unpaired) electrons. The molecule has 0 bridgehead atoms. The van der Waals surface area contributed by atoms with Gasteiger partial charge in [0.15, 0.2) is 0 Å². The Balaban J connectivity index is 2.60. The summed E-state index contributed by atoms with van der Waals surface area (Å²) in [7, 11) is 0. The van der Waals surface area contributed by atoms with Crippen LogP contribution in [0, 0.1) is 12.3 Å². The lowest BCUT2D eigenvalue weighted by atomic mass is 10.2. The van der Waals surface area contributed by atoms with Gasteiger partial charge in [-0.2, -0.15) is 0 Å². The number of aromatic nitrogens is 1. The summed E-state index contributed by atoms with van der Waals surface area (Å²) in [6, 6.07) is 2.70. The van der Waals surface area contributed by atoms with E-state index in [0.717, 1.165) is 0 Å². The maximum Gasteiger partial charge on any atom is 0.354 e. The van der Waals surface area contributed by atoms with Gasteiger partial charge < -0.3 is 10.4 Å². The fraction of sp³-hybridized carbons (Fsp3) is 0.250. The molecule has 5 nitrogen and oxygen atoms in total. The molecule has 0 saturated carbocycles. The lowest BCUT2D eigenvalue weighted by Crippen LogP contribution is -2.24. The predicted octanol–water partition coefficient (Wildman–Crippen LogP) is 0.923. The fourth-order valence-electron chi connectivity index (χ4n) is 1.18. The van der Waals surface area contributed by atoms with Crippen molar-refractivity contribution in [2.75, 3.05) is 6.54 Å². The van der Waals surface area contributed by atoms with Crippen LogP contribution in [0.25, 0.3) is 0 Å². The maximum absolute atomic E-state index is 11.6. The monoisotopic (exact) mass is 232 g/mol. The Labute approximate surface area is 98.9 Å². The molecule has 1 aromatic heterocycles. The first-order valence-electron chi connectivity index (χ1n) is 5.06. The van der Waals surface area contributed by atoms with Crippen molar-refractivity contribution in [2.24, 2.45) is 0 Å². The van der Waals surface area contributed by atoms with Crippen molar-refractivity contribution < 1.29 is 14.7 Å². The van der Waals surface area contributed by atoms with E-state index in [1.54, 1.807) is 0 Å². The van der Waals surface area contributed by atoms with Gasteiger partial charge in [0.25, 0.3) is 5.91 Å². The van der Waals surface area contributed by atoms with Crippen LogP contribution >= 0.6 is 0 Å². The summed E-state index contributed by atoms with van der Waals surface area (Å²) in [6.45, 7) is 0.466. The molecule has 0 atom stereocenters. The molecule has 0 spiro atoms. The molecule has 0 aliphatic rings. The van der Waals surface area contributed by atoms with Gasteiger partial charge in [-0.25, -0.2) is 9.78 Å². The number of hydrogen-bond donors (Lipinski definition) is 2. The van der Waals surface area contributed by atoms with Gasteiger partial charge in [0.2, 0.25) is 0 Å². The van der Waals surface area contributed by atoms with E-state index in [-0.39, 0.29) is 17.2 Å².